The largest absolute Gasteiger partial charge is 0.378 e. The Morgan fingerprint density at radius 3 is 2.95 bits per heavy atom. The average Bonchev–Trinajstić information content (AvgIpc) is 2.54. The van der Waals surface area contributed by atoms with Crippen LogP contribution in [0.3, 0.4) is 0 Å². The van der Waals surface area contributed by atoms with Gasteiger partial charge in [0.05, 0.1) is 12.1 Å². The number of fused-ring (bicyclic) bond motifs is 3. The minimum atomic E-state index is -0.200. The number of benzene rings is 2. The highest BCUT2D eigenvalue weighted by atomic mass is 35.5. The van der Waals surface area contributed by atoms with Crippen molar-refractivity contribution in [1.29, 1.82) is 0 Å². The lowest BCUT2D eigenvalue weighted by atomic mass is 9.77. The number of nitrogens with one attached hydrogen (secondary N) is 1. The van der Waals surface area contributed by atoms with Gasteiger partial charge in [0, 0.05) is 28.8 Å². The van der Waals surface area contributed by atoms with Crippen molar-refractivity contribution in [2.24, 2.45) is 5.92 Å². The molecule has 0 aliphatic carbocycles. The summed E-state index contributed by atoms with van der Waals surface area (Å²) in [7, 11) is 0. The molecule has 2 heterocycles. The predicted molar refractivity (Wildman–Crippen MR) is 85.6 cm³/mol. The standard InChI is InChI=1S/C18H17ClFNO/c19-12-6-7-16-15(10-12)18-14(5-2-8-22-18)17(21-16)11-3-1-4-13(20)9-11/h1,3-4,6-7,9-10,14,17-18,21H,2,5,8H2/t14-,17+,18-/m0/s1. The summed E-state index contributed by atoms with van der Waals surface area (Å²) in [6.45, 7) is 0.767. The fourth-order valence-electron chi connectivity index (χ4n) is 3.67. The van der Waals surface area contributed by atoms with Gasteiger partial charge in [-0.25, -0.2) is 4.39 Å². The number of anilines is 1. The van der Waals surface area contributed by atoms with Gasteiger partial charge in [-0.15, -0.1) is 0 Å². The summed E-state index contributed by atoms with van der Waals surface area (Å²) < 4.78 is 19.7. The van der Waals surface area contributed by atoms with Crippen LogP contribution in [0.15, 0.2) is 42.5 Å². The Hall–Kier alpha value is -1.58. The molecule has 114 valence electrons. The highest BCUT2D eigenvalue weighted by Gasteiger charge is 2.39. The number of rotatable bonds is 1. The average molecular weight is 318 g/mol. The van der Waals surface area contributed by atoms with Gasteiger partial charge in [0.25, 0.3) is 0 Å². The van der Waals surface area contributed by atoms with E-state index in [1.807, 2.05) is 24.3 Å². The summed E-state index contributed by atoms with van der Waals surface area (Å²) in [6, 6.07) is 12.7. The molecule has 2 aromatic carbocycles. The van der Waals surface area contributed by atoms with Crippen molar-refractivity contribution in [3.05, 3.63) is 64.4 Å². The van der Waals surface area contributed by atoms with Gasteiger partial charge in [0.15, 0.2) is 0 Å². The Kier molecular flexibility index (Phi) is 3.55. The van der Waals surface area contributed by atoms with Crippen molar-refractivity contribution in [1.82, 2.24) is 0 Å². The zero-order chi connectivity index (χ0) is 15.1. The van der Waals surface area contributed by atoms with Crippen molar-refractivity contribution in [3.8, 4) is 0 Å². The Bertz CT molecular complexity index is 705. The fourth-order valence-corrected chi connectivity index (χ4v) is 3.85. The highest BCUT2D eigenvalue weighted by molar-refractivity contribution is 6.30. The van der Waals surface area contributed by atoms with Crippen LogP contribution in [0.25, 0.3) is 0 Å². The monoisotopic (exact) mass is 317 g/mol. The maximum atomic E-state index is 13.6. The van der Waals surface area contributed by atoms with Crippen LogP contribution < -0.4 is 5.32 Å². The van der Waals surface area contributed by atoms with Gasteiger partial charge in [-0.05, 0) is 48.7 Å². The van der Waals surface area contributed by atoms with Gasteiger partial charge in [-0.1, -0.05) is 23.7 Å². The van der Waals surface area contributed by atoms with E-state index < -0.39 is 0 Å². The molecule has 2 aliphatic heterocycles. The lowest BCUT2D eigenvalue weighted by Gasteiger charge is -2.43. The van der Waals surface area contributed by atoms with Crippen LogP contribution in [-0.2, 0) is 4.74 Å². The molecular weight excluding hydrogens is 301 g/mol. The van der Waals surface area contributed by atoms with Gasteiger partial charge in [0.2, 0.25) is 0 Å². The van der Waals surface area contributed by atoms with Crippen LogP contribution in [0.4, 0.5) is 10.1 Å². The summed E-state index contributed by atoms with van der Waals surface area (Å²) in [5.74, 6) is 0.0935. The van der Waals surface area contributed by atoms with Gasteiger partial charge >= 0.3 is 0 Å². The molecule has 0 radical (unpaired) electrons. The molecule has 0 unspecified atom stereocenters. The maximum absolute atomic E-state index is 13.6. The molecule has 0 bridgehead atoms. The Morgan fingerprint density at radius 2 is 2.09 bits per heavy atom. The molecule has 1 saturated heterocycles. The van der Waals surface area contributed by atoms with E-state index in [0.29, 0.717) is 5.92 Å². The number of hydrogen-bond donors (Lipinski definition) is 1. The molecule has 0 aromatic heterocycles. The molecule has 1 N–H and O–H groups in total. The van der Waals surface area contributed by atoms with E-state index in [2.05, 4.69) is 5.32 Å². The molecule has 0 amide bonds. The van der Waals surface area contributed by atoms with E-state index in [1.165, 1.54) is 6.07 Å². The molecular formula is C18H17ClFNO. The second-order valence-electron chi connectivity index (χ2n) is 6.01. The molecule has 1 fully saturated rings. The van der Waals surface area contributed by atoms with E-state index in [9.17, 15) is 4.39 Å². The zero-order valence-electron chi connectivity index (χ0n) is 12.1. The second kappa shape index (κ2) is 5.56. The minimum Gasteiger partial charge on any atom is -0.378 e. The topological polar surface area (TPSA) is 21.3 Å². The summed E-state index contributed by atoms with van der Waals surface area (Å²) in [5, 5.41) is 4.28. The third-order valence-corrected chi connectivity index (χ3v) is 4.87. The lowest BCUT2D eigenvalue weighted by molar-refractivity contribution is -0.0381. The van der Waals surface area contributed by atoms with Gasteiger partial charge in [0.1, 0.15) is 5.82 Å². The highest BCUT2D eigenvalue weighted by Crippen LogP contribution is 2.49. The number of halogens is 2. The zero-order valence-corrected chi connectivity index (χ0v) is 12.8. The van der Waals surface area contributed by atoms with E-state index >= 15 is 0 Å². The van der Waals surface area contributed by atoms with Gasteiger partial charge in [-0.3, -0.25) is 0 Å². The van der Waals surface area contributed by atoms with Crippen LogP contribution in [0.5, 0.6) is 0 Å². The lowest BCUT2D eigenvalue weighted by Crippen LogP contribution is -2.36. The molecule has 2 aliphatic rings. The number of ether oxygens (including phenoxy) is 1. The Morgan fingerprint density at radius 1 is 1.18 bits per heavy atom. The molecule has 22 heavy (non-hydrogen) atoms. The van der Waals surface area contributed by atoms with Gasteiger partial charge in [-0.2, -0.15) is 0 Å². The smallest absolute Gasteiger partial charge is 0.123 e. The quantitative estimate of drug-likeness (QED) is 0.788. The Labute approximate surface area is 134 Å². The van der Waals surface area contributed by atoms with Crippen molar-refractivity contribution in [3.63, 3.8) is 0 Å². The van der Waals surface area contributed by atoms with Crippen molar-refractivity contribution >= 4 is 17.3 Å². The first-order chi connectivity index (χ1) is 10.7. The molecule has 0 saturated carbocycles. The minimum absolute atomic E-state index is 0.0250. The second-order valence-corrected chi connectivity index (χ2v) is 6.44. The first kappa shape index (κ1) is 14.0. The van der Waals surface area contributed by atoms with Crippen LogP contribution in [0.1, 0.15) is 36.1 Å². The van der Waals surface area contributed by atoms with Crippen molar-refractivity contribution < 1.29 is 9.13 Å². The SMILES string of the molecule is Fc1cccc([C@H]2Nc3ccc(Cl)cc3[C@H]3OCCC[C@@H]23)c1. The fraction of sp³-hybridized carbons (Fsp3) is 0.333. The van der Waals surface area contributed by atoms with E-state index in [0.717, 1.165) is 41.3 Å². The van der Waals surface area contributed by atoms with E-state index in [1.54, 1.807) is 12.1 Å². The molecule has 4 rings (SSSR count). The number of hydrogen-bond acceptors (Lipinski definition) is 2. The Balaban J connectivity index is 1.79. The third kappa shape index (κ3) is 2.38. The van der Waals surface area contributed by atoms with Crippen molar-refractivity contribution in [2.75, 3.05) is 11.9 Å². The molecule has 0 spiro atoms. The van der Waals surface area contributed by atoms with Crippen LogP contribution in [-0.4, -0.2) is 6.61 Å². The predicted octanol–water partition coefficient (Wildman–Crippen LogP) is 5.11. The molecule has 4 heteroatoms. The molecule has 2 nitrogen and oxygen atoms in total. The van der Waals surface area contributed by atoms with Crippen LogP contribution >= 0.6 is 11.6 Å². The normalized spacial score (nSPS) is 26.7. The molecule has 3 atom stereocenters. The molecule has 2 aromatic rings. The summed E-state index contributed by atoms with van der Waals surface area (Å²) in [6.07, 6.45) is 2.12. The first-order valence-electron chi connectivity index (χ1n) is 7.65. The van der Waals surface area contributed by atoms with E-state index in [4.69, 9.17) is 16.3 Å². The maximum Gasteiger partial charge on any atom is 0.123 e. The first-order valence-corrected chi connectivity index (χ1v) is 8.03. The van der Waals surface area contributed by atoms with Crippen LogP contribution in [0, 0.1) is 11.7 Å². The summed E-state index contributed by atoms with van der Waals surface area (Å²) >= 11 is 6.15. The van der Waals surface area contributed by atoms with Gasteiger partial charge < -0.3 is 10.1 Å². The van der Waals surface area contributed by atoms with Crippen LogP contribution in [0.2, 0.25) is 5.02 Å². The van der Waals surface area contributed by atoms with E-state index in [-0.39, 0.29) is 18.0 Å². The summed E-state index contributed by atoms with van der Waals surface area (Å²) in [5.41, 5.74) is 3.12. The van der Waals surface area contributed by atoms with Crippen molar-refractivity contribution in [2.45, 2.75) is 25.0 Å². The third-order valence-electron chi connectivity index (χ3n) is 4.64. The summed E-state index contributed by atoms with van der Waals surface area (Å²) in [4.78, 5) is 0.